The van der Waals surface area contributed by atoms with Crippen molar-refractivity contribution in [3.05, 3.63) is 41.0 Å². The van der Waals surface area contributed by atoms with Crippen LogP contribution in [0.3, 0.4) is 0 Å². The van der Waals surface area contributed by atoms with Crippen LogP contribution in [0.1, 0.15) is 18.1 Å². The molecule has 1 aliphatic carbocycles. The Morgan fingerprint density at radius 2 is 2.00 bits per heavy atom. The van der Waals surface area contributed by atoms with Gasteiger partial charge in [0, 0.05) is 6.07 Å². The fourth-order valence-electron chi connectivity index (χ4n) is 1.53. The van der Waals surface area contributed by atoms with E-state index in [1.807, 2.05) is 13.0 Å². The molecular weight excluding hydrogens is 158 g/mol. The fraction of sp³-hybridized carbons (Fsp3) is 0.200. The monoisotopic (exact) mass is 166 g/mol. The molecule has 0 saturated heterocycles. The fourth-order valence-corrected chi connectivity index (χ4v) is 1.53. The summed E-state index contributed by atoms with van der Waals surface area (Å²) in [6, 6.07) is 2.32. The molecule has 0 nitrogen and oxygen atoms in total. The maximum absolute atomic E-state index is 13.1. The first-order chi connectivity index (χ1) is 5.68. The SMILES string of the molecule is CC1=CCc2c(F)cc(F)cc21. The van der Waals surface area contributed by atoms with E-state index in [1.165, 1.54) is 6.07 Å². The second kappa shape index (κ2) is 2.41. The zero-order chi connectivity index (χ0) is 8.72. The Morgan fingerprint density at radius 3 is 2.75 bits per heavy atom. The molecule has 1 aliphatic rings. The van der Waals surface area contributed by atoms with Crippen LogP contribution in [0.25, 0.3) is 5.57 Å². The Kier molecular flexibility index (Phi) is 1.50. The minimum Gasteiger partial charge on any atom is -0.207 e. The van der Waals surface area contributed by atoms with E-state index >= 15 is 0 Å². The lowest BCUT2D eigenvalue weighted by Crippen LogP contribution is -1.91. The average Bonchev–Trinajstić information content (AvgIpc) is 2.33. The summed E-state index contributed by atoms with van der Waals surface area (Å²) in [5.74, 6) is -0.931. The standard InChI is InChI=1S/C10H8F2/c1-6-2-3-8-9(6)4-7(11)5-10(8)12/h2,4-5H,3H2,1H3. The van der Waals surface area contributed by atoms with Gasteiger partial charge in [0.25, 0.3) is 0 Å². The summed E-state index contributed by atoms with van der Waals surface area (Å²) < 4.78 is 25.8. The van der Waals surface area contributed by atoms with E-state index in [2.05, 4.69) is 0 Å². The van der Waals surface area contributed by atoms with Crippen LogP contribution in [0, 0.1) is 11.6 Å². The molecule has 1 aromatic rings. The minimum absolute atomic E-state index is 0.432. The highest BCUT2D eigenvalue weighted by molar-refractivity contribution is 5.71. The van der Waals surface area contributed by atoms with E-state index in [1.54, 1.807) is 0 Å². The predicted octanol–water partition coefficient (Wildman–Crippen LogP) is 2.92. The molecule has 12 heavy (non-hydrogen) atoms. The van der Waals surface area contributed by atoms with Crippen molar-refractivity contribution in [2.75, 3.05) is 0 Å². The van der Waals surface area contributed by atoms with Gasteiger partial charge in [0.2, 0.25) is 0 Å². The molecule has 0 radical (unpaired) electrons. The molecule has 62 valence electrons. The summed E-state index contributed by atoms with van der Waals surface area (Å²) in [5.41, 5.74) is 2.30. The van der Waals surface area contributed by atoms with Gasteiger partial charge >= 0.3 is 0 Å². The molecular formula is C10H8F2. The average molecular weight is 166 g/mol. The molecule has 2 heteroatoms. The molecule has 0 heterocycles. The summed E-state index contributed by atoms with van der Waals surface area (Å²) in [4.78, 5) is 0. The van der Waals surface area contributed by atoms with Crippen LogP contribution in [-0.4, -0.2) is 0 Å². The zero-order valence-corrected chi connectivity index (χ0v) is 6.70. The van der Waals surface area contributed by atoms with Crippen LogP contribution in [0.2, 0.25) is 0 Å². The van der Waals surface area contributed by atoms with Crippen LogP contribution in [0.5, 0.6) is 0 Å². The molecule has 1 aromatic carbocycles. The van der Waals surface area contributed by atoms with Crippen molar-refractivity contribution in [1.82, 2.24) is 0 Å². The molecule has 0 unspecified atom stereocenters. The Bertz CT molecular complexity index is 364. The normalized spacial score (nSPS) is 14.4. The molecule has 0 N–H and O–H groups in total. The van der Waals surface area contributed by atoms with Crippen LogP contribution in [0.15, 0.2) is 18.2 Å². The maximum Gasteiger partial charge on any atom is 0.130 e. The number of allylic oxidation sites excluding steroid dienone is 2. The van der Waals surface area contributed by atoms with Crippen LogP contribution >= 0.6 is 0 Å². The van der Waals surface area contributed by atoms with Crippen molar-refractivity contribution in [2.45, 2.75) is 13.3 Å². The summed E-state index contributed by atoms with van der Waals surface area (Å²) in [5, 5.41) is 0. The van der Waals surface area contributed by atoms with Gasteiger partial charge in [-0.2, -0.15) is 0 Å². The van der Waals surface area contributed by atoms with Gasteiger partial charge in [-0.15, -0.1) is 0 Å². The third kappa shape index (κ3) is 0.951. The molecule has 0 amide bonds. The smallest absolute Gasteiger partial charge is 0.130 e. The van der Waals surface area contributed by atoms with Crippen molar-refractivity contribution in [2.24, 2.45) is 0 Å². The van der Waals surface area contributed by atoms with E-state index < -0.39 is 11.6 Å². The Labute approximate surface area is 69.5 Å². The molecule has 0 spiro atoms. The van der Waals surface area contributed by atoms with Crippen molar-refractivity contribution in [1.29, 1.82) is 0 Å². The maximum atomic E-state index is 13.1. The number of rotatable bonds is 0. The molecule has 0 fully saturated rings. The van der Waals surface area contributed by atoms with Crippen molar-refractivity contribution in [3.8, 4) is 0 Å². The molecule has 0 atom stereocenters. The molecule has 0 saturated carbocycles. The molecule has 0 aromatic heterocycles. The number of fused-ring (bicyclic) bond motifs is 1. The summed E-state index contributed by atoms with van der Waals surface area (Å²) in [6.07, 6.45) is 2.50. The van der Waals surface area contributed by atoms with Gasteiger partial charge in [-0.3, -0.25) is 0 Å². The number of hydrogen-bond acceptors (Lipinski definition) is 0. The van der Waals surface area contributed by atoms with Crippen molar-refractivity contribution in [3.63, 3.8) is 0 Å². The lowest BCUT2D eigenvalue weighted by atomic mass is 10.1. The molecule has 0 aliphatic heterocycles. The summed E-state index contributed by atoms with van der Waals surface area (Å²) >= 11 is 0. The van der Waals surface area contributed by atoms with Gasteiger partial charge < -0.3 is 0 Å². The quantitative estimate of drug-likeness (QED) is 0.555. The van der Waals surface area contributed by atoms with Gasteiger partial charge in [-0.1, -0.05) is 6.08 Å². The Hall–Kier alpha value is -1.18. The largest absolute Gasteiger partial charge is 0.207 e. The summed E-state index contributed by atoms with van der Waals surface area (Å²) in [6.45, 7) is 1.87. The molecule has 0 bridgehead atoms. The first-order valence-corrected chi connectivity index (χ1v) is 3.83. The predicted molar refractivity (Wildman–Crippen MR) is 43.7 cm³/mol. The first kappa shape index (κ1) is 7.47. The highest BCUT2D eigenvalue weighted by atomic mass is 19.1. The van der Waals surface area contributed by atoms with Gasteiger partial charge in [0.05, 0.1) is 0 Å². The van der Waals surface area contributed by atoms with Crippen molar-refractivity contribution >= 4 is 5.57 Å². The third-order valence-electron chi connectivity index (χ3n) is 2.20. The Morgan fingerprint density at radius 1 is 1.25 bits per heavy atom. The molecule has 2 rings (SSSR count). The second-order valence-electron chi connectivity index (χ2n) is 3.00. The van der Waals surface area contributed by atoms with Crippen LogP contribution in [0.4, 0.5) is 8.78 Å². The van der Waals surface area contributed by atoms with E-state index in [0.29, 0.717) is 17.5 Å². The minimum atomic E-state index is -0.499. The van der Waals surface area contributed by atoms with E-state index in [0.717, 1.165) is 11.6 Å². The van der Waals surface area contributed by atoms with Gasteiger partial charge in [-0.25, -0.2) is 8.78 Å². The lowest BCUT2D eigenvalue weighted by Gasteiger charge is -2.02. The highest BCUT2D eigenvalue weighted by Gasteiger charge is 2.15. The lowest BCUT2D eigenvalue weighted by molar-refractivity contribution is 0.575. The zero-order valence-electron chi connectivity index (χ0n) is 6.70. The summed E-state index contributed by atoms with van der Waals surface area (Å²) in [7, 11) is 0. The number of halogens is 2. The van der Waals surface area contributed by atoms with E-state index in [4.69, 9.17) is 0 Å². The number of hydrogen-bond donors (Lipinski definition) is 0. The Balaban J connectivity index is 2.67. The number of benzene rings is 1. The van der Waals surface area contributed by atoms with E-state index in [-0.39, 0.29) is 0 Å². The van der Waals surface area contributed by atoms with Crippen molar-refractivity contribution < 1.29 is 8.78 Å². The van der Waals surface area contributed by atoms with Gasteiger partial charge in [-0.05, 0) is 36.1 Å². The first-order valence-electron chi connectivity index (χ1n) is 3.83. The van der Waals surface area contributed by atoms with Crippen LogP contribution < -0.4 is 0 Å². The van der Waals surface area contributed by atoms with Gasteiger partial charge in [0.15, 0.2) is 0 Å². The third-order valence-corrected chi connectivity index (χ3v) is 2.20. The van der Waals surface area contributed by atoms with Crippen LogP contribution in [-0.2, 0) is 6.42 Å². The van der Waals surface area contributed by atoms with Gasteiger partial charge in [0.1, 0.15) is 11.6 Å². The second-order valence-corrected chi connectivity index (χ2v) is 3.00. The topological polar surface area (TPSA) is 0 Å². The highest BCUT2D eigenvalue weighted by Crippen LogP contribution is 2.29. The van der Waals surface area contributed by atoms with E-state index in [9.17, 15) is 8.78 Å².